The molecule has 1 atom stereocenters. The first kappa shape index (κ1) is 19.4. The van der Waals surface area contributed by atoms with Gasteiger partial charge in [-0.2, -0.15) is 0 Å². The number of benzene rings is 2. The summed E-state index contributed by atoms with van der Waals surface area (Å²) < 4.78 is 12.4. The van der Waals surface area contributed by atoms with Crippen molar-refractivity contribution in [2.75, 3.05) is 0 Å². The van der Waals surface area contributed by atoms with E-state index in [9.17, 15) is 14.1 Å². The number of rotatable bonds is 2. The second-order valence-corrected chi connectivity index (χ2v) is 9.55. The average Bonchev–Trinajstić information content (AvgIpc) is 2.63. The quantitative estimate of drug-likeness (QED) is 0.750. The molecule has 0 radical (unpaired) electrons. The Hall–Kier alpha value is -2.38. The monoisotopic (exact) mass is 379 g/mol. The highest BCUT2D eigenvalue weighted by Gasteiger charge is 2.36. The van der Waals surface area contributed by atoms with Crippen molar-refractivity contribution in [3.05, 3.63) is 64.7 Å². The molecule has 2 aromatic carbocycles. The van der Waals surface area contributed by atoms with Crippen molar-refractivity contribution in [2.45, 2.75) is 56.3 Å². The van der Waals surface area contributed by atoms with Gasteiger partial charge in [0.2, 0.25) is 0 Å². The molecule has 0 saturated carbocycles. The van der Waals surface area contributed by atoms with E-state index in [-0.39, 0.29) is 16.4 Å². The van der Waals surface area contributed by atoms with Crippen LogP contribution in [0.5, 0.6) is 0 Å². The third-order valence-electron chi connectivity index (χ3n) is 5.44. The molecule has 2 aromatic rings. The van der Waals surface area contributed by atoms with Crippen LogP contribution in [-0.4, -0.2) is 10.2 Å². The topological polar surface area (TPSA) is 57.2 Å². The second kappa shape index (κ2) is 6.98. The lowest BCUT2D eigenvalue weighted by Crippen LogP contribution is -2.33. The van der Waals surface area contributed by atoms with Gasteiger partial charge in [-0.15, -0.1) is 0 Å². The van der Waals surface area contributed by atoms with Crippen molar-refractivity contribution in [3.63, 3.8) is 0 Å². The van der Waals surface area contributed by atoms with Gasteiger partial charge in [0.1, 0.15) is 10.8 Å². The summed E-state index contributed by atoms with van der Waals surface area (Å²) in [5, 5.41) is 13.6. The standard InChI is InChI=1S/C23H24O3S/c1-22(2)12-13-23(3,4)20-15-16(5-10-19(20)22)11-14-27(26)18-8-6-17(7-9-18)21(24)25/h5-10,15H,12-13H2,1-4H3,(H,24,25)/p-1. The molecule has 1 aliphatic rings. The molecule has 140 valence electrons. The van der Waals surface area contributed by atoms with Gasteiger partial charge in [0.25, 0.3) is 0 Å². The smallest absolute Gasteiger partial charge is 0.130 e. The molecular weight excluding hydrogens is 356 g/mol. The SMILES string of the molecule is CC1(C)CCC(C)(C)c2cc(C#CS(=O)c3ccc(C(=O)[O-])cc3)ccc21. The molecule has 0 aromatic heterocycles. The zero-order valence-corrected chi connectivity index (χ0v) is 16.9. The predicted octanol–water partition coefficient (Wildman–Crippen LogP) is 3.52. The summed E-state index contributed by atoms with van der Waals surface area (Å²) in [4.78, 5) is 11.3. The van der Waals surface area contributed by atoms with Gasteiger partial charge in [-0.05, 0) is 64.6 Å². The molecule has 0 amide bonds. The summed E-state index contributed by atoms with van der Waals surface area (Å²) in [6, 6.07) is 12.0. The normalized spacial score (nSPS) is 17.9. The molecular formula is C23H23O3S-. The minimum atomic E-state index is -1.52. The fourth-order valence-electron chi connectivity index (χ4n) is 3.55. The number of hydrogen-bond acceptors (Lipinski definition) is 3. The summed E-state index contributed by atoms with van der Waals surface area (Å²) >= 11 is 0. The van der Waals surface area contributed by atoms with Crippen molar-refractivity contribution >= 4 is 16.8 Å². The first-order valence-electron chi connectivity index (χ1n) is 9.00. The van der Waals surface area contributed by atoms with Crippen LogP contribution in [0, 0.1) is 11.2 Å². The van der Waals surface area contributed by atoms with Gasteiger partial charge < -0.3 is 9.90 Å². The molecule has 0 spiro atoms. The van der Waals surface area contributed by atoms with Gasteiger partial charge >= 0.3 is 0 Å². The van der Waals surface area contributed by atoms with E-state index in [2.05, 4.69) is 51.0 Å². The molecule has 0 bridgehead atoms. The number of carbonyl (C=O) groups is 1. The van der Waals surface area contributed by atoms with Crippen LogP contribution < -0.4 is 5.11 Å². The van der Waals surface area contributed by atoms with E-state index in [0.717, 1.165) is 18.4 Å². The maximum atomic E-state index is 12.4. The summed E-state index contributed by atoms with van der Waals surface area (Å²) in [5.74, 6) is 1.76. The summed E-state index contributed by atoms with van der Waals surface area (Å²) in [7, 11) is -1.52. The van der Waals surface area contributed by atoms with Crippen LogP contribution in [0.1, 0.15) is 67.6 Å². The summed E-state index contributed by atoms with van der Waals surface area (Å²) in [6.45, 7) is 9.07. The maximum Gasteiger partial charge on any atom is 0.130 e. The van der Waals surface area contributed by atoms with Crippen LogP contribution >= 0.6 is 0 Å². The fraction of sp³-hybridized carbons (Fsp3) is 0.348. The first-order chi connectivity index (χ1) is 12.6. The fourth-order valence-corrected chi connectivity index (χ4v) is 4.26. The Labute approximate surface area is 163 Å². The summed E-state index contributed by atoms with van der Waals surface area (Å²) in [5.41, 5.74) is 3.84. The number of aromatic carboxylic acids is 1. The lowest BCUT2D eigenvalue weighted by atomic mass is 9.63. The van der Waals surface area contributed by atoms with E-state index in [1.807, 2.05) is 6.07 Å². The highest BCUT2D eigenvalue weighted by molar-refractivity contribution is 7.89. The Bertz CT molecular complexity index is 973. The molecule has 1 unspecified atom stereocenters. The van der Waals surface area contributed by atoms with Crippen molar-refractivity contribution in [2.24, 2.45) is 0 Å². The van der Waals surface area contributed by atoms with Crippen molar-refractivity contribution in [3.8, 4) is 11.2 Å². The van der Waals surface area contributed by atoms with E-state index in [1.54, 1.807) is 0 Å². The number of carboxylic acid groups (broad SMARTS) is 1. The van der Waals surface area contributed by atoms with E-state index in [4.69, 9.17) is 0 Å². The lowest BCUT2D eigenvalue weighted by Gasteiger charge is -2.41. The van der Waals surface area contributed by atoms with Crippen LogP contribution in [0.2, 0.25) is 0 Å². The van der Waals surface area contributed by atoms with E-state index < -0.39 is 16.8 Å². The van der Waals surface area contributed by atoms with Gasteiger partial charge in [-0.25, -0.2) is 4.21 Å². The van der Waals surface area contributed by atoms with Gasteiger partial charge in [-0.1, -0.05) is 51.8 Å². The lowest BCUT2D eigenvalue weighted by molar-refractivity contribution is -0.255. The molecule has 0 heterocycles. The van der Waals surface area contributed by atoms with Gasteiger partial charge in [0.05, 0.1) is 10.9 Å². The van der Waals surface area contributed by atoms with E-state index in [1.165, 1.54) is 35.4 Å². The summed E-state index contributed by atoms with van der Waals surface area (Å²) in [6.07, 6.45) is 2.28. The molecule has 0 aliphatic heterocycles. The van der Waals surface area contributed by atoms with Crippen LogP contribution in [0.15, 0.2) is 47.4 Å². The zero-order valence-electron chi connectivity index (χ0n) is 16.1. The number of fused-ring (bicyclic) bond motifs is 1. The van der Waals surface area contributed by atoms with Crippen LogP contribution in [0.3, 0.4) is 0 Å². The van der Waals surface area contributed by atoms with Crippen LogP contribution in [0.25, 0.3) is 0 Å². The molecule has 0 saturated heterocycles. The highest BCUT2D eigenvalue weighted by atomic mass is 32.2. The molecule has 27 heavy (non-hydrogen) atoms. The van der Waals surface area contributed by atoms with E-state index >= 15 is 0 Å². The number of carbonyl (C=O) groups excluding carboxylic acids is 1. The number of carboxylic acids is 1. The Morgan fingerprint density at radius 1 is 0.963 bits per heavy atom. The zero-order chi connectivity index (χ0) is 19.8. The van der Waals surface area contributed by atoms with Crippen molar-refractivity contribution in [1.82, 2.24) is 0 Å². The second-order valence-electron chi connectivity index (χ2n) is 8.34. The van der Waals surface area contributed by atoms with Crippen molar-refractivity contribution < 1.29 is 14.1 Å². The molecule has 3 rings (SSSR count). The molecule has 3 nitrogen and oxygen atoms in total. The minimum absolute atomic E-state index is 0.0586. The molecule has 0 N–H and O–H groups in total. The van der Waals surface area contributed by atoms with Crippen molar-refractivity contribution in [1.29, 1.82) is 0 Å². The van der Waals surface area contributed by atoms with Crippen LogP contribution in [0.4, 0.5) is 0 Å². The number of hydrogen-bond donors (Lipinski definition) is 0. The largest absolute Gasteiger partial charge is 0.545 e. The Balaban J connectivity index is 1.89. The maximum absolute atomic E-state index is 12.4. The first-order valence-corrected chi connectivity index (χ1v) is 10.1. The average molecular weight is 380 g/mol. The molecule has 0 fully saturated rings. The third-order valence-corrected chi connectivity index (χ3v) is 6.43. The predicted molar refractivity (Wildman–Crippen MR) is 106 cm³/mol. The minimum Gasteiger partial charge on any atom is -0.545 e. The highest BCUT2D eigenvalue weighted by Crippen LogP contribution is 2.45. The molecule has 4 heteroatoms. The Morgan fingerprint density at radius 2 is 1.56 bits per heavy atom. The van der Waals surface area contributed by atoms with Crippen LogP contribution in [-0.2, 0) is 21.6 Å². The Morgan fingerprint density at radius 3 is 2.15 bits per heavy atom. The van der Waals surface area contributed by atoms with Gasteiger partial charge in [0.15, 0.2) is 0 Å². The third kappa shape index (κ3) is 3.99. The van der Waals surface area contributed by atoms with Gasteiger partial charge in [-0.3, -0.25) is 0 Å². The molecule has 1 aliphatic carbocycles. The van der Waals surface area contributed by atoms with Gasteiger partial charge in [0, 0.05) is 10.8 Å². The van der Waals surface area contributed by atoms with E-state index in [0.29, 0.717) is 4.90 Å². The Kier molecular flexibility index (Phi) is 5.01.